The molecule has 0 aliphatic heterocycles. The van der Waals surface area contributed by atoms with Crippen LogP contribution in [0.25, 0.3) is 6.08 Å². The van der Waals surface area contributed by atoms with Gasteiger partial charge >= 0.3 is 0 Å². The van der Waals surface area contributed by atoms with Gasteiger partial charge in [0.25, 0.3) is 0 Å². The zero-order valence-electron chi connectivity index (χ0n) is 12.1. The Morgan fingerprint density at radius 2 is 1.91 bits per heavy atom. The molecular weight excluding hydrogens is 301 g/mol. The van der Waals surface area contributed by atoms with Crippen molar-refractivity contribution in [2.75, 3.05) is 6.54 Å². The fraction of sp³-hybridized carbons (Fsp3) is 0.167. The van der Waals surface area contributed by atoms with E-state index in [9.17, 15) is 9.18 Å². The van der Waals surface area contributed by atoms with Crippen molar-refractivity contribution in [3.63, 3.8) is 0 Å². The van der Waals surface area contributed by atoms with Gasteiger partial charge in [-0.2, -0.15) is 0 Å². The maximum atomic E-state index is 13.5. The number of benzene rings is 2. The Hall–Kier alpha value is -2.13. The van der Waals surface area contributed by atoms with Crippen LogP contribution in [-0.2, 0) is 11.2 Å². The molecule has 0 spiro atoms. The van der Waals surface area contributed by atoms with Crippen LogP contribution >= 0.6 is 11.6 Å². The first-order chi connectivity index (χ1) is 10.7. The second kappa shape index (κ2) is 8.35. The minimum Gasteiger partial charge on any atom is -0.353 e. The van der Waals surface area contributed by atoms with E-state index < -0.39 is 5.82 Å². The highest BCUT2D eigenvalue weighted by Crippen LogP contribution is 2.20. The van der Waals surface area contributed by atoms with Crippen LogP contribution in [0, 0.1) is 5.82 Å². The zero-order chi connectivity index (χ0) is 15.8. The summed E-state index contributed by atoms with van der Waals surface area (Å²) in [5, 5.41) is 3.06. The van der Waals surface area contributed by atoms with Gasteiger partial charge in [0.2, 0.25) is 5.91 Å². The average Bonchev–Trinajstić information content (AvgIpc) is 2.52. The van der Waals surface area contributed by atoms with Gasteiger partial charge in [-0.1, -0.05) is 48.0 Å². The third-order valence-corrected chi connectivity index (χ3v) is 3.51. The molecule has 0 bridgehead atoms. The van der Waals surface area contributed by atoms with Gasteiger partial charge in [0.05, 0.1) is 5.02 Å². The Bertz CT molecular complexity index is 635. The molecule has 114 valence electrons. The first-order valence-corrected chi connectivity index (χ1v) is 7.48. The summed E-state index contributed by atoms with van der Waals surface area (Å²) < 4.78 is 13.5. The molecule has 1 amide bonds. The van der Waals surface area contributed by atoms with Gasteiger partial charge in [-0.05, 0) is 36.6 Å². The number of carbonyl (C=O) groups excluding carboxylic acids is 1. The molecule has 22 heavy (non-hydrogen) atoms. The van der Waals surface area contributed by atoms with Crippen molar-refractivity contribution in [3.05, 3.63) is 76.6 Å². The molecule has 0 unspecified atom stereocenters. The number of aryl methyl sites for hydroxylation is 1. The molecule has 0 aliphatic rings. The predicted octanol–water partition coefficient (Wildman–Crippen LogP) is 4.24. The van der Waals surface area contributed by atoms with Crippen LogP contribution in [0.5, 0.6) is 0 Å². The van der Waals surface area contributed by atoms with Gasteiger partial charge in [0, 0.05) is 18.2 Å². The molecule has 0 radical (unpaired) electrons. The van der Waals surface area contributed by atoms with Gasteiger partial charge in [-0.15, -0.1) is 0 Å². The second-order valence-electron chi connectivity index (χ2n) is 4.85. The van der Waals surface area contributed by atoms with Gasteiger partial charge in [-0.3, -0.25) is 4.79 Å². The number of hydrogen-bond acceptors (Lipinski definition) is 1. The fourth-order valence-corrected chi connectivity index (χ4v) is 2.26. The summed E-state index contributed by atoms with van der Waals surface area (Å²) in [6.45, 7) is 0.572. The molecule has 0 aliphatic carbocycles. The van der Waals surface area contributed by atoms with Crippen LogP contribution in [0.4, 0.5) is 4.39 Å². The van der Waals surface area contributed by atoms with Crippen LogP contribution in [0.2, 0.25) is 5.02 Å². The van der Waals surface area contributed by atoms with E-state index in [2.05, 4.69) is 17.4 Å². The van der Waals surface area contributed by atoms with E-state index in [1.54, 1.807) is 6.07 Å². The highest BCUT2D eigenvalue weighted by atomic mass is 35.5. The average molecular weight is 318 g/mol. The molecular formula is C18H17ClFNO. The van der Waals surface area contributed by atoms with Gasteiger partial charge in [-0.25, -0.2) is 4.39 Å². The summed E-state index contributed by atoms with van der Waals surface area (Å²) in [7, 11) is 0. The van der Waals surface area contributed by atoms with E-state index in [0.29, 0.717) is 6.54 Å². The lowest BCUT2D eigenvalue weighted by Crippen LogP contribution is -2.22. The molecule has 0 heterocycles. The third kappa shape index (κ3) is 5.01. The number of nitrogens with one attached hydrogen (secondary N) is 1. The summed E-state index contributed by atoms with van der Waals surface area (Å²) >= 11 is 5.88. The third-order valence-electron chi connectivity index (χ3n) is 3.19. The number of halogens is 2. The molecule has 1 N–H and O–H groups in total. The Kier molecular flexibility index (Phi) is 6.16. The monoisotopic (exact) mass is 317 g/mol. The topological polar surface area (TPSA) is 29.1 Å². The minimum absolute atomic E-state index is 0.226. The maximum Gasteiger partial charge on any atom is 0.244 e. The van der Waals surface area contributed by atoms with E-state index >= 15 is 0 Å². The van der Waals surface area contributed by atoms with Crippen molar-refractivity contribution in [2.24, 2.45) is 0 Å². The van der Waals surface area contributed by atoms with Crippen molar-refractivity contribution in [2.45, 2.75) is 12.8 Å². The number of carbonyl (C=O) groups is 1. The van der Waals surface area contributed by atoms with E-state index in [1.807, 2.05) is 18.2 Å². The summed E-state index contributed by atoms with van der Waals surface area (Å²) in [6, 6.07) is 14.5. The van der Waals surface area contributed by atoms with Crippen molar-refractivity contribution in [3.8, 4) is 0 Å². The molecule has 2 aromatic rings. The van der Waals surface area contributed by atoms with Gasteiger partial charge < -0.3 is 5.32 Å². The van der Waals surface area contributed by atoms with Crippen LogP contribution in [0.15, 0.2) is 54.6 Å². The highest BCUT2D eigenvalue weighted by molar-refractivity contribution is 6.32. The fourth-order valence-electron chi connectivity index (χ4n) is 2.04. The number of amides is 1. The predicted molar refractivity (Wildman–Crippen MR) is 88.2 cm³/mol. The van der Waals surface area contributed by atoms with Crippen LogP contribution in [-0.4, -0.2) is 12.5 Å². The Labute approximate surface area is 134 Å². The first-order valence-electron chi connectivity index (χ1n) is 7.10. The Morgan fingerprint density at radius 3 is 2.64 bits per heavy atom. The number of hydrogen-bond donors (Lipinski definition) is 1. The lowest BCUT2D eigenvalue weighted by atomic mass is 10.1. The van der Waals surface area contributed by atoms with E-state index in [-0.39, 0.29) is 16.5 Å². The summed E-state index contributed by atoms with van der Waals surface area (Å²) in [4.78, 5) is 11.7. The molecule has 2 rings (SSSR count). The van der Waals surface area contributed by atoms with Crippen LogP contribution < -0.4 is 5.32 Å². The van der Waals surface area contributed by atoms with Gasteiger partial charge in [0.1, 0.15) is 5.82 Å². The SMILES string of the molecule is O=C(C=Cc1c(F)cccc1Cl)NCCCc1ccccc1. The molecule has 2 nitrogen and oxygen atoms in total. The van der Waals surface area contributed by atoms with Crippen molar-refractivity contribution in [1.29, 1.82) is 0 Å². The molecule has 4 heteroatoms. The largest absolute Gasteiger partial charge is 0.353 e. The van der Waals surface area contributed by atoms with E-state index in [1.165, 1.54) is 29.8 Å². The second-order valence-corrected chi connectivity index (χ2v) is 5.26. The minimum atomic E-state index is -0.444. The van der Waals surface area contributed by atoms with Crippen LogP contribution in [0.3, 0.4) is 0 Å². The molecule has 0 saturated heterocycles. The first kappa shape index (κ1) is 16.2. The lowest BCUT2D eigenvalue weighted by molar-refractivity contribution is -0.116. The van der Waals surface area contributed by atoms with Crippen molar-refractivity contribution in [1.82, 2.24) is 5.32 Å². The Balaban J connectivity index is 1.77. The van der Waals surface area contributed by atoms with Gasteiger partial charge in [0.15, 0.2) is 0 Å². The van der Waals surface area contributed by atoms with E-state index in [4.69, 9.17) is 11.6 Å². The van der Waals surface area contributed by atoms with Crippen molar-refractivity contribution >= 4 is 23.6 Å². The molecule has 0 saturated carbocycles. The molecule has 2 aromatic carbocycles. The number of rotatable bonds is 6. The quantitative estimate of drug-likeness (QED) is 0.626. The molecule has 0 aromatic heterocycles. The highest BCUT2D eigenvalue weighted by Gasteiger charge is 2.03. The normalized spacial score (nSPS) is 10.8. The summed E-state index contributed by atoms with van der Waals surface area (Å²) in [5.41, 5.74) is 1.47. The zero-order valence-corrected chi connectivity index (χ0v) is 12.8. The van der Waals surface area contributed by atoms with Crippen molar-refractivity contribution < 1.29 is 9.18 Å². The Morgan fingerprint density at radius 1 is 1.14 bits per heavy atom. The molecule has 0 atom stereocenters. The smallest absolute Gasteiger partial charge is 0.244 e. The maximum absolute atomic E-state index is 13.5. The summed E-state index contributed by atoms with van der Waals surface area (Å²) in [5.74, 6) is -0.701. The summed E-state index contributed by atoms with van der Waals surface area (Å²) in [6.07, 6.45) is 4.45. The van der Waals surface area contributed by atoms with Crippen LogP contribution in [0.1, 0.15) is 17.5 Å². The lowest BCUT2D eigenvalue weighted by Gasteiger charge is -2.03. The molecule has 0 fully saturated rings. The standard InChI is InChI=1S/C18H17ClFNO/c19-16-9-4-10-17(20)15(16)11-12-18(22)21-13-5-8-14-6-2-1-3-7-14/h1-4,6-7,9-12H,5,8,13H2,(H,21,22). The van der Waals surface area contributed by atoms with E-state index in [0.717, 1.165) is 12.8 Å².